The van der Waals surface area contributed by atoms with Gasteiger partial charge in [0.1, 0.15) is 11.5 Å². The second-order valence-electron chi connectivity index (χ2n) is 5.20. The fraction of sp³-hybridized carbons (Fsp3) is 0.368. The molecule has 0 aromatic heterocycles. The molecule has 4 nitrogen and oxygen atoms in total. The predicted octanol–water partition coefficient (Wildman–Crippen LogP) is 4.58. The molecule has 0 aliphatic carbocycles. The SMILES string of the molecule is CCOc1cc2c(c(OCC)c1OCC)Cc1ccccc1O2. The van der Waals surface area contributed by atoms with Gasteiger partial charge in [0.2, 0.25) is 5.75 Å². The Balaban J connectivity index is 2.13. The minimum absolute atomic E-state index is 0.552. The second-order valence-corrected chi connectivity index (χ2v) is 5.20. The summed E-state index contributed by atoms with van der Waals surface area (Å²) in [5.41, 5.74) is 2.16. The molecule has 4 heteroatoms. The van der Waals surface area contributed by atoms with Crippen molar-refractivity contribution >= 4 is 0 Å². The Morgan fingerprint density at radius 1 is 0.870 bits per heavy atom. The average Bonchev–Trinajstić information content (AvgIpc) is 2.56. The topological polar surface area (TPSA) is 36.9 Å². The number of para-hydroxylation sites is 1. The third-order valence-electron chi connectivity index (χ3n) is 3.70. The molecule has 0 saturated carbocycles. The molecule has 0 bridgehead atoms. The lowest BCUT2D eigenvalue weighted by atomic mass is 9.98. The van der Waals surface area contributed by atoms with Crippen LogP contribution < -0.4 is 18.9 Å². The monoisotopic (exact) mass is 314 g/mol. The Labute approximate surface area is 136 Å². The molecule has 0 spiro atoms. The van der Waals surface area contributed by atoms with Crippen molar-refractivity contribution < 1.29 is 18.9 Å². The maximum absolute atomic E-state index is 6.07. The molecule has 0 radical (unpaired) electrons. The van der Waals surface area contributed by atoms with Gasteiger partial charge in [-0.2, -0.15) is 0 Å². The van der Waals surface area contributed by atoms with Crippen LogP contribution in [0, 0.1) is 0 Å². The number of benzene rings is 2. The van der Waals surface area contributed by atoms with Crippen LogP contribution in [0.15, 0.2) is 30.3 Å². The zero-order chi connectivity index (χ0) is 16.2. The molecule has 0 saturated heterocycles. The first-order valence-corrected chi connectivity index (χ1v) is 8.12. The van der Waals surface area contributed by atoms with E-state index in [2.05, 4.69) is 6.07 Å². The van der Waals surface area contributed by atoms with Crippen molar-refractivity contribution in [2.75, 3.05) is 19.8 Å². The largest absolute Gasteiger partial charge is 0.490 e. The van der Waals surface area contributed by atoms with Gasteiger partial charge in [-0.15, -0.1) is 0 Å². The number of rotatable bonds is 6. The van der Waals surface area contributed by atoms with Gasteiger partial charge in [0.15, 0.2) is 11.5 Å². The third kappa shape index (κ3) is 2.93. The van der Waals surface area contributed by atoms with Gasteiger partial charge in [-0.3, -0.25) is 0 Å². The highest BCUT2D eigenvalue weighted by molar-refractivity contribution is 5.65. The Hall–Kier alpha value is -2.36. The van der Waals surface area contributed by atoms with Crippen molar-refractivity contribution in [2.45, 2.75) is 27.2 Å². The highest BCUT2D eigenvalue weighted by Crippen LogP contribution is 2.50. The molecule has 0 N–H and O–H groups in total. The van der Waals surface area contributed by atoms with Crippen LogP contribution in [0.2, 0.25) is 0 Å². The Bertz CT molecular complexity index is 694. The molecule has 122 valence electrons. The molecule has 0 unspecified atom stereocenters. The first-order chi connectivity index (χ1) is 11.3. The number of hydrogen-bond donors (Lipinski definition) is 0. The highest BCUT2D eigenvalue weighted by Gasteiger charge is 2.27. The van der Waals surface area contributed by atoms with Crippen molar-refractivity contribution in [3.63, 3.8) is 0 Å². The first-order valence-electron chi connectivity index (χ1n) is 8.12. The van der Waals surface area contributed by atoms with Crippen LogP contribution >= 0.6 is 0 Å². The second kappa shape index (κ2) is 6.82. The average molecular weight is 314 g/mol. The lowest BCUT2D eigenvalue weighted by Crippen LogP contribution is -2.10. The number of ether oxygens (including phenoxy) is 4. The standard InChI is InChI=1S/C19H22O4/c1-4-20-17-12-16-14(18(21-5-2)19(17)22-6-3)11-13-9-7-8-10-15(13)23-16/h7-10,12H,4-6,11H2,1-3H3. The normalized spacial score (nSPS) is 12.0. The summed E-state index contributed by atoms with van der Waals surface area (Å²) in [4.78, 5) is 0. The van der Waals surface area contributed by atoms with E-state index in [0.717, 1.165) is 34.8 Å². The summed E-state index contributed by atoms with van der Waals surface area (Å²) >= 11 is 0. The highest BCUT2D eigenvalue weighted by atomic mass is 16.5. The van der Waals surface area contributed by atoms with Crippen molar-refractivity contribution in [1.82, 2.24) is 0 Å². The summed E-state index contributed by atoms with van der Waals surface area (Å²) in [6.45, 7) is 7.54. The van der Waals surface area contributed by atoms with E-state index < -0.39 is 0 Å². The number of fused-ring (bicyclic) bond motifs is 2. The van der Waals surface area contributed by atoms with Crippen LogP contribution in [-0.2, 0) is 6.42 Å². The van der Waals surface area contributed by atoms with Gasteiger partial charge < -0.3 is 18.9 Å². The fourth-order valence-corrected chi connectivity index (χ4v) is 2.79. The van der Waals surface area contributed by atoms with E-state index >= 15 is 0 Å². The van der Waals surface area contributed by atoms with Gasteiger partial charge in [0, 0.05) is 18.1 Å². The van der Waals surface area contributed by atoms with Crippen LogP contribution in [0.1, 0.15) is 31.9 Å². The molecule has 2 aromatic carbocycles. The van der Waals surface area contributed by atoms with Gasteiger partial charge in [-0.05, 0) is 32.4 Å². The van der Waals surface area contributed by atoms with Gasteiger partial charge in [0.25, 0.3) is 0 Å². The van der Waals surface area contributed by atoms with Gasteiger partial charge in [-0.1, -0.05) is 18.2 Å². The molecule has 0 amide bonds. The molecule has 1 aliphatic heterocycles. The summed E-state index contributed by atoms with van der Waals surface area (Å²) in [6, 6.07) is 9.96. The molecule has 23 heavy (non-hydrogen) atoms. The van der Waals surface area contributed by atoms with Crippen LogP contribution in [-0.4, -0.2) is 19.8 Å². The van der Waals surface area contributed by atoms with Crippen LogP contribution in [0.5, 0.6) is 28.7 Å². The smallest absolute Gasteiger partial charge is 0.204 e. The zero-order valence-corrected chi connectivity index (χ0v) is 13.8. The molecule has 0 atom stereocenters. The van der Waals surface area contributed by atoms with Crippen LogP contribution in [0.4, 0.5) is 0 Å². The minimum atomic E-state index is 0.552. The van der Waals surface area contributed by atoms with Gasteiger partial charge >= 0.3 is 0 Å². The molecule has 0 fully saturated rings. The van der Waals surface area contributed by atoms with E-state index in [9.17, 15) is 0 Å². The van der Waals surface area contributed by atoms with Crippen molar-refractivity contribution in [3.8, 4) is 28.7 Å². The summed E-state index contributed by atoms with van der Waals surface area (Å²) in [6.07, 6.45) is 0.757. The molecule has 3 rings (SSSR count). The van der Waals surface area contributed by atoms with E-state index in [4.69, 9.17) is 18.9 Å². The minimum Gasteiger partial charge on any atom is -0.490 e. The third-order valence-corrected chi connectivity index (χ3v) is 3.70. The van der Waals surface area contributed by atoms with Crippen molar-refractivity contribution in [1.29, 1.82) is 0 Å². The lowest BCUT2D eigenvalue weighted by Gasteiger charge is -2.25. The van der Waals surface area contributed by atoms with Crippen LogP contribution in [0.25, 0.3) is 0 Å². The molecule has 2 aromatic rings. The Morgan fingerprint density at radius 3 is 2.30 bits per heavy atom. The van der Waals surface area contributed by atoms with Crippen molar-refractivity contribution in [3.05, 3.63) is 41.5 Å². The van der Waals surface area contributed by atoms with E-state index in [0.29, 0.717) is 31.3 Å². The molecular weight excluding hydrogens is 292 g/mol. The van der Waals surface area contributed by atoms with E-state index in [1.807, 2.05) is 45.0 Å². The fourth-order valence-electron chi connectivity index (χ4n) is 2.79. The quantitative estimate of drug-likeness (QED) is 0.667. The van der Waals surface area contributed by atoms with Gasteiger partial charge in [-0.25, -0.2) is 0 Å². The lowest BCUT2D eigenvalue weighted by molar-refractivity contribution is 0.256. The molecule has 1 heterocycles. The van der Waals surface area contributed by atoms with E-state index in [1.165, 1.54) is 0 Å². The Morgan fingerprint density at radius 2 is 1.57 bits per heavy atom. The summed E-state index contributed by atoms with van der Waals surface area (Å²) < 4.78 is 23.5. The predicted molar refractivity (Wildman–Crippen MR) is 89.3 cm³/mol. The molecule has 1 aliphatic rings. The zero-order valence-electron chi connectivity index (χ0n) is 13.8. The van der Waals surface area contributed by atoms with E-state index in [1.54, 1.807) is 0 Å². The summed E-state index contributed by atoms with van der Waals surface area (Å²) in [5.74, 6) is 3.71. The number of hydrogen-bond acceptors (Lipinski definition) is 4. The Kier molecular flexibility index (Phi) is 4.60. The molecular formula is C19H22O4. The summed E-state index contributed by atoms with van der Waals surface area (Å²) in [7, 11) is 0. The van der Waals surface area contributed by atoms with Crippen molar-refractivity contribution in [2.24, 2.45) is 0 Å². The maximum Gasteiger partial charge on any atom is 0.204 e. The van der Waals surface area contributed by atoms with E-state index in [-0.39, 0.29) is 0 Å². The van der Waals surface area contributed by atoms with Gasteiger partial charge in [0.05, 0.1) is 19.8 Å². The maximum atomic E-state index is 6.07. The summed E-state index contributed by atoms with van der Waals surface area (Å²) in [5, 5.41) is 0. The van der Waals surface area contributed by atoms with Crippen LogP contribution in [0.3, 0.4) is 0 Å². The first kappa shape index (κ1) is 15.5.